The average molecular weight is 314 g/mol. The molecule has 0 atom stereocenters. The number of nitrogens with zero attached hydrogens (tertiary/aromatic N) is 3. The first-order chi connectivity index (χ1) is 10.7. The molecule has 0 unspecified atom stereocenters. The van der Waals surface area contributed by atoms with Crippen LogP contribution in [-0.2, 0) is 16.8 Å². The van der Waals surface area contributed by atoms with Crippen LogP contribution in [0.25, 0.3) is 0 Å². The molecule has 0 aliphatic heterocycles. The van der Waals surface area contributed by atoms with Crippen LogP contribution in [0.1, 0.15) is 49.4 Å². The number of hydrogen-bond donors (Lipinski definition) is 1. The molecule has 1 aromatic carbocycles. The van der Waals surface area contributed by atoms with Gasteiger partial charge in [-0.2, -0.15) is 0 Å². The summed E-state index contributed by atoms with van der Waals surface area (Å²) in [7, 11) is 0. The van der Waals surface area contributed by atoms with Crippen molar-refractivity contribution in [3.8, 4) is 0 Å². The van der Waals surface area contributed by atoms with Gasteiger partial charge in [-0.15, -0.1) is 5.10 Å². The average Bonchev–Trinajstić information content (AvgIpc) is 2.80. The maximum atomic E-state index is 12.1. The first-order valence-corrected chi connectivity index (χ1v) is 7.50. The molecule has 23 heavy (non-hydrogen) atoms. The number of nitrogens with one attached hydrogen (secondary N) is 1. The number of anilines is 1. The molecular weight excluding hydrogens is 292 g/mol. The maximum absolute atomic E-state index is 12.1. The van der Waals surface area contributed by atoms with E-state index in [9.17, 15) is 9.59 Å². The minimum Gasteiger partial charge on any atom is -0.324 e. The summed E-state index contributed by atoms with van der Waals surface area (Å²) in [6, 6.07) is 7.77. The van der Waals surface area contributed by atoms with Crippen LogP contribution >= 0.6 is 0 Å². The molecule has 2 rings (SSSR count). The second-order valence-electron chi connectivity index (χ2n) is 6.61. The topological polar surface area (TPSA) is 76.9 Å². The Kier molecular flexibility index (Phi) is 4.63. The molecule has 0 spiro atoms. The Morgan fingerprint density at radius 3 is 2.26 bits per heavy atom. The van der Waals surface area contributed by atoms with Crippen molar-refractivity contribution in [2.24, 2.45) is 0 Å². The Morgan fingerprint density at radius 2 is 1.78 bits per heavy atom. The second-order valence-corrected chi connectivity index (χ2v) is 6.61. The van der Waals surface area contributed by atoms with E-state index in [1.54, 1.807) is 6.92 Å². The number of Topliss-reactive ketones (excluding diaryl/α,β-unsaturated/α-hetero) is 1. The molecule has 0 radical (unpaired) electrons. The molecule has 0 aliphatic carbocycles. The van der Waals surface area contributed by atoms with Crippen LogP contribution in [0, 0.1) is 6.92 Å². The highest BCUT2D eigenvalue weighted by Crippen LogP contribution is 2.23. The molecule has 1 aromatic heterocycles. The minimum atomic E-state index is -0.211. The van der Waals surface area contributed by atoms with Gasteiger partial charge < -0.3 is 5.32 Å². The Morgan fingerprint density at radius 1 is 1.17 bits per heavy atom. The van der Waals surface area contributed by atoms with E-state index in [1.807, 2.05) is 24.3 Å². The standard InChI is InChI=1S/C17H22N4O2/c1-11-16(12(2)22)19-20-21(11)10-15(23)18-14-8-6-13(7-9-14)17(3,4)5/h6-9H,10H2,1-5H3,(H,18,23). The van der Waals surface area contributed by atoms with Crippen molar-refractivity contribution >= 4 is 17.4 Å². The van der Waals surface area contributed by atoms with Gasteiger partial charge >= 0.3 is 0 Å². The van der Waals surface area contributed by atoms with Crippen molar-refractivity contribution in [2.75, 3.05) is 5.32 Å². The summed E-state index contributed by atoms with van der Waals surface area (Å²) < 4.78 is 1.43. The molecule has 1 N–H and O–H groups in total. The van der Waals surface area contributed by atoms with E-state index >= 15 is 0 Å². The maximum Gasteiger partial charge on any atom is 0.246 e. The summed E-state index contributed by atoms with van der Waals surface area (Å²) in [6.45, 7) is 9.59. The summed E-state index contributed by atoms with van der Waals surface area (Å²) in [5.74, 6) is -0.372. The van der Waals surface area contributed by atoms with Crippen molar-refractivity contribution in [2.45, 2.75) is 46.6 Å². The van der Waals surface area contributed by atoms with E-state index in [4.69, 9.17) is 0 Å². The number of ketones is 1. The van der Waals surface area contributed by atoms with Crippen molar-refractivity contribution in [1.29, 1.82) is 0 Å². The number of aromatic nitrogens is 3. The van der Waals surface area contributed by atoms with Crippen LogP contribution in [0.15, 0.2) is 24.3 Å². The summed E-state index contributed by atoms with van der Waals surface area (Å²) in [5.41, 5.74) is 2.90. The number of carbonyl (C=O) groups excluding carboxylic acids is 2. The Bertz CT molecular complexity index is 724. The molecule has 2 aromatic rings. The zero-order valence-electron chi connectivity index (χ0n) is 14.2. The van der Waals surface area contributed by atoms with Crippen LogP contribution in [0.5, 0.6) is 0 Å². The molecule has 6 nitrogen and oxygen atoms in total. The zero-order chi connectivity index (χ0) is 17.2. The summed E-state index contributed by atoms with van der Waals surface area (Å²) in [4.78, 5) is 23.5. The van der Waals surface area contributed by atoms with Crippen LogP contribution < -0.4 is 5.32 Å². The lowest BCUT2D eigenvalue weighted by molar-refractivity contribution is -0.117. The fourth-order valence-electron chi connectivity index (χ4n) is 2.23. The molecule has 0 saturated heterocycles. The zero-order valence-corrected chi connectivity index (χ0v) is 14.2. The van der Waals surface area contributed by atoms with Gasteiger partial charge in [0.2, 0.25) is 5.91 Å². The minimum absolute atomic E-state index is 0.0210. The SMILES string of the molecule is CC(=O)c1nnn(CC(=O)Nc2ccc(C(C)(C)C)cc2)c1C. The van der Waals surface area contributed by atoms with Crippen LogP contribution in [0.4, 0.5) is 5.69 Å². The van der Waals surface area contributed by atoms with Crippen molar-refractivity contribution in [3.63, 3.8) is 0 Å². The van der Waals surface area contributed by atoms with Gasteiger partial charge in [-0.1, -0.05) is 38.1 Å². The third-order valence-corrected chi connectivity index (χ3v) is 3.64. The summed E-state index contributed by atoms with van der Waals surface area (Å²) in [5, 5.41) is 10.5. The molecule has 1 heterocycles. The van der Waals surface area contributed by atoms with Gasteiger partial charge in [-0.3, -0.25) is 9.59 Å². The first-order valence-electron chi connectivity index (χ1n) is 7.50. The van der Waals surface area contributed by atoms with E-state index in [-0.39, 0.29) is 23.7 Å². The van der Waals surface area contributed by atoms with E-state index in [0.29, 0.717) is 11.4 Å². The van der Waals surface area contributed by atoms with E-state index in [1.165, 1.54) is 17.2 Å². The summed E-state index contributed by atoms with van der Waals surface area (Å²) in [6.07, 6.45) is 0. The van der Waals surface area contributed by atoms with Crippen molar-refractivity contribution < 1.29 is 9.59 Å². The number of carbonyl (C=O) groups is 2. The highest BCUT2D eigenvalue weighted by molar-refractivity contribution is 5.93. The molecule has 0 aliphatic rings. The predicted octanol–water partition coefficient (Wildman–Crippen LogP) is 2.73. The van der Waals surface area contributed by atoms with Gasteiger partial charge in [0.05, 0.1) is 5.69 Å². The number of rotatable bonds is 4. The predicted molar refractivity (Wildman–Crippen MR) is 88.5 cm³/mol. The molecule has 122 valence electrons. The smallest absolute Gasteiger partial charge is 0.246 e. The number of amides is 1. The normalized spacial score (nSPS) is 11.3. The summed E-state index contributed by atoms with van der Waals surface area (Å²) >= 11 is 0. The molecule has 0 bridgehead atoms. The largest absolute Gasteiger partial charge is 0.324 e. The highest BCUT2D eigenvalue weighted by atomic mass is 16.2. The Labute approximate surface area is 135 Å². The monoisotopic (exact) mass is 314 g/mol. The van der Waals surface area contributed by atoms with Gasteiger partial charge in [0.15, 0.2) is 11.5 Å². The van der Waals surface area contributed by atoms with Gasteiger partial charge in [-0.25, -0.2) is 4.68 Å². The van der Waals surface area contributed by atoms with Crippen LogP contribution in [-0.4, -0.2) is 26.7 Å². The third kappa shape index (κ3) is 4.03. The third-order valence-electron chi connectivity index (χ3n) is 3.64. The van der Waals surface area contributed by atoms with E-state index in [2.05, 4.69) is 36.4 Å². The molecule has 6 heteroatoms. The molecule has 1 amide bonds. The Balaban J connectivity index is 2.04. The van der Waals surface area contributed by atoms with Gasteiger partial charge in [0, 0.05) is 12.6 Å². The fraction of sp³-hybridized carbons (Fsp3) is 0.412. The van der Waals surface area contributed by atoms with Crippen molar-refractivity contribution in [1.82, 2.24) is 15.0 Å². The lowest BCUT2D eigenvalue weighted by Crippen LogP contribution is -2.20. The fourth-order valence-corrected chi connectivity index (χ4v) is 2.23. The molecular formula is C17H22N4O2. The lowest BCUT2D eigenvalue weighted by Gasteiger charge is -2.19. The van der Waals surface area contributed by atoms with E-state index in [0.717, 1.165) is 5.69 Å². The number of hydrogen-bond acceptors (Lipinski definition) is 4. The second kappa shape index (κ2) is 6.32. The van der Waals surface area contributed by atoms with Gasteiger partial charge in [0.25, 0.3) is 0 Å². The van der Waals surface area contributed by atoms with Gasteiger partial charge in [-0.05, 0) is 30.0 Å². The highest BCUT2D eigenvalue weighted by Gasteiger charge is 2.15. The van der Waals surface area contributed by atoms with Crippen LogP contribution in [0.2, 0.25) is 0 Å². The van der Waals surface area contributed by atoms with Gasteiger partial charge in [0.1, 0.15) is 6.54 Å². The molecule has 0 saturated carbocycles. The molecule has 0 fully saturated rings. The van der Waals surface area contributed by atoms with Crippen molar-refractivity contribution in [3.05, 3.63) is 41.2 Å². The first kappa shape index (κ1) is 16.9. The van der Waals surface area contributed by atoms with Crippen LogP contribution in [0.3, 0.4) is 0 Å². The number of benzene rings is 1. The van der Waals surface area contributed by atoms with E-state index < -0.39 is 0 Å². The lowest BCUT2D eigenvalue weighted by atomic mass is 9.87. The quantitative estimate of drug-likeness (QED) is 0.880. The Hall–Kier alpha value is -2.50.